The Morgan fingerprint density at radius 1 is 1.35 bits per heavy atom. The van der Waals surface area contributed by atoms with Gasteiger partial charge in [-0.3, -0.25) is 0 Å². The topological polar surface area (TPSA) is 71.4 Å². The van der Waals surface area contributed by atoms with Crippen LogP contribution in [0.3, 0.4) is 0 Å². The van der Waals surface area contributed by atoms with E-state index in [0.29, 0.717) is 6.54 Å². The molecule has 0 aliphatic rings. The monoisotopic (exact) mass is 228 g/mol. The Balaban J connectivity index is 2.17. The van der Waals surface area contributed by atoms with Crippen LogP contribution in [0.25, 0.3) is 16.6 Å². The second-order valence-electron chi connectivity index (χ2n) is 3.76. The van der Waals surface area contributed by atoms with E-state index in [-0.39, 0.29) is 0 Å². The average Bonchev–Trinajstić information content (AvgIpc) is 2.95. The van der Waals surface area contributed by atoms with Crippen LogP contribution in [0, 0.1) is 0 Å². The van der Waals surface area contributed by atoms with Crippen molar-refractivity contribution in [3.63, 3.8) is 0 Å². The molecule has 0 aliphatic heterocycles. The van der Waals surface area contributed by atoms with Crippen LogP contribution in [0.15, 0.2) is 30.5 Å². The Bertz CT molecular complexity index is 638. The smallest absolute Gasteiger partial charge is 0.170 e. The highest BCUT2D eigenvalue weighted by Gasteiger charge is 2.11. The van der Waals surface area contributed by atoms with Crippen molar-refractivity contribution in [1.29, 1.82) is 0 Å². The largest absolute Gasteiger partial charge is 0.359 e. The van der Waals surface area contributed by atoms with E-state index in [0.717, 1.165) is 22.4 Å². The zero-order chi connectivity index (χ0) is 11.7. The van der Waals surface area contributed by atoms with E-state index in [1.807, 2.05) is 37.5 Å². The predicted molar refractivity (Wildman–Crippen MR) is 63.8 cm³/mol. The standard InChI is InChI=1S/C11H12N6/c1-12-7-11-14-15-16-17(11)10-6-13-9-5-3-2-4-8(9)10/h2-6,12-13H,7H2,1H3. The molecule has 0 amide bonds. The fourth-order valence-electron chi connectivity index (χ4n) is 1.89. The third kappa shape index (κ3) is 1.58. The molecule has 0 radical (unpaired) electrons. The molecule has 0 saturated heterocycles. The summed E-state index contributed by atoms with van der Waals surface area (Å²) in [5, 5.41) is 15.9. The number of H-pyrrole nitrogens is 1. The number of aromatic nitrogens is 5. The summed E-state index contributed by atoms with van der Waals surface area (Å²) in [6.07, 6.45) is 1.92. The minimum atomic E-state index is 0.631. The van der Waals surface area contributed by atoms with Crippen molar-refractivity contribution in [3.8, 4) is 5.69 Å². The van der Waals surface area contributed by atoms with Crippen molar-refractivity contribution in [2.24, 2.45) is 0 Å². The summed E-state index contributed by atoms with van der Waals surface area (Å²) in [6.45, 7) is 0.631. The molecule has 3 aromatic rings. The first-order valence-corrected chi connectivity index (χ1v) is 5.38. The number of aromatic amines is 1. The number of nitrogens with one attached hydrogen (secondary N) is 2. The van der Waals surface area contributed by atoms with Crippen LogP contribution in [-0.2, 0) is 6.54 Å². The van der Waals surface area contributed by atoms with Crippen molar-refractivity contribution >= 4 is 10.9 Å². The molecule has 0 unspecified atom stereocenters. The molecule has 6 heteroatoms. The molecule has 0 spiro atoms. The maximum absolute atomic E-state index is 4.02. The fraction of sp³-hybridized carbons (Fsp3) is 0.182. The van der Waals surface area contributed by atoms with Crippen molar-refractivity contribution in [3.05, 3.63) is 36.3 Å². The van der Waals surface area contributed by atoms with Crippen molar-refractivity contribution in [2.75, 3.05) is 7.05 Å². The van der Waals surface area contributed by atoms with Gasteiger partial charge in [-0.25, -0.2) is 0 Å². The van der Waals surface area contributed by atoms with Gasteiger partial charge in [-0.2, -0.15) is 4.68 Å². The Kier molecular flexibility index (Phi) is 2.34. The third-order valence-electron chi connectivity index (χ3n) is 2.66. The van der Waals surface area contributed by atoms with Crippen LogP contribution < -0.4 is 5.32 Å². The Morgan fingerprint density at radius 3 is 3.12 bits per heavy atom. The lowest BCUT2D eigenvalue weighted by molar-refractivity contribution is 0.711. The predicted octanol–water partition coefficient (Wildman–Crippen LogP) is 0.863. The van der Waals surface area contributed by atoms with E-state index in [2.05, 4.69) is 25.8 Å². The normalized spacial score (nSPS) is 11.1. The minimum absolute atomic E-state index is 0.631. The number of nitrogens with zero attached hydrogens (tertiary/aromatic N) is 4. The van der Waals surface area contributed by atoms with Gasteiger partial charge in [0.1, 0.15) is 0 Å². The zero-order valence-electron chi connectivity index (χ0n) is 9.38. The second kappa shape index (κ2) is 3.99. The van der Waals surface area contributed by atoms with E-state index in [9.17, 15) is 0 Å². The number of tetrazole rings is 1. The molecule has 3 rings (SSSR count). The lowest BCUT2D eigenvalue weighted by Crippen LogP contribution is -2.11. The van der Waals surface area contributed by atoms with Gasteiger partial charge in [0.05, 0.1) is 12.2 Å². The molecule has 2 aromatic heterocycles. The van der Waals surface area contributed by atoms with Crippen molar-refractivity contribution in [2.45, 2.75) is 6.54 Å². The third-order valence-corrected chi connectivity index (χ3v) is 2.66. The molecule has 6 nitrogen and oxygen atoms in total. The maximum Gasteiger partial charge on any atom is 0.170 e. The molecular formula is C11H12N6. The SMILES string of the molecule is CNCc1nnnn1-c1c[nH]c2ccccc12. The Labute approximate surface area is 97.6 Å². The van der Waals surface area contributed by atoms with Gasteiger partial charge in [-0.1, -0.05) is 18.2 Å². The number of rotatable bonds is 3. The van der Waals surface area contributed by atoms with Gasteiger partial charge in [0.2, 0.25) is 0 Å². The molecule has 0 fully saturated rings. The number of benzene rings is 1. The summed E-state index contributed by atoms with van der Waals surface area (Å²) in [4.78, 5) is 3.21. The number of hydrogen-bond acceptors (Lipinski definition) is 4. The fourth-order valence-corrected chi connectivity index (χ4v) is 1.89. The van der Waals surface area contributed by atoms with Crippen LogP contribution in [0.2, 0.25) is 0 Å². The van der Waals surface area contributed by atoms with Crippen molar-refractivity contribution < 1.29 is 0 Å². The molecule has 2 heterocycles. The molecule has 0 atom stereocenters. The van der Waals surface area contributed by atoms with Gasteiger partial charge in [0.15, 0.2) is 5.82 Å². The Hall–Kier alpha value is -2.21. The Morgan fingerprint density at radius 2 is 2.24 bits per heavy atom. The van der Waals surface area contributed by atoms with E-state index >= 15 is 0 Å². The van der Waals surface area contributed by atoms with E-state index in [1.165, 1.54) is 0 Å². The average molecular weight is 228 g/mol. The van der Waals surface area contributed by atoms with Gasteiger partial charge < -0.3 is 10.3 Å². The summed E-state index contributed by atoms with van der Waals surface area (Å²) in [6, 6.07) is 8.07. The van der Waals surface area contributed by atoms with Crippen LogP contribution in [0.5, 0.6) is 0 Å². The highest BCUT2D eigenvalue weighted by Crippen LogP contribution is 2.21. The highest BCUT2D eigenvalue weighted by atomic mass is 15.5. The maximum atomic E-state index is 4.02. The lowest BCUT2D eigenvalue weighted by atomic mass is 10.2. The van der Waals surface area contributed by atoms with E-state index < -0.39 is 0 Å². The molecule has 0 bridgehead atoms. The molecule has 0 saturated carbocycles. The summed E-state index contributed by atoms with van der Waals surface area (Å²) >= 11 is 0. The van der Waals surface area contributed by atoms with Gasteiger partial charge in [0, 0.05) is 17.1 Å². The van der Waals surface area contributed by atoms with Crippen LogP contribution >= 0.6 is 0 Å². The first-order valence-electron chi connectivity index (χ1n) is 5.38. The van der Waals surface area contributed by atoms with Crippen molar-refractivity contribution in [1.82, 2.24) is 30.5 Å². The molecular weight excluding hydrogens is 216 g/mol. The lowest BCUT2D eigenvalue weighted by Gasteiger charge is -2.01. The van der Waals surface area contributed by atoms with Gasteiger partial charge >= 0.3 is 0 Å². The zero-order valence-corrected chi connectivity index (χ0v) is 9.38. The quantitative estimate of drug-likeness (QED) is 0.697. The summed E-state index contributed by atoms with van der Waals surface area (Å²) in [7, 11) is 1.87. The van der Waals surface area contributed by atoms with Gasteiger partial charge in [-0.05, 0) is 23.5 Å². The number of hydrogen-bond donors (Lipinski definition) is 2. The first-order chi connectivity index (χ1) is 8.40. The number of para-hydroxylation sites is 1. The van der Waals surface area contributed by atoms with E-state index in [1.54, 1.807) is 4.68 Å². The minimum Gasteiger partial charge on any atom is -0.359 e. The first kappa shape index (κ1) is 9.98. The summed E-state index contributed by atoms with van der Waals surface area (Å²) < 4.78 is 1.75. The van der Waals surface area contributed by atoms with E-state index in [4.69, 9.17) is 0 Å². The van der Waals surface area contributed by atoms with Crippen LogP contribution in [0.1, 0.15) is 5.82 Å². The molecule has 0 aliphatic carbocycles. The molecule has 86 valence electrons. The molecule has 1 aromatic carbocycles. The molecule has 2 N–H and O–H groups in total. The number of fused-ring (bicyclic) bond motifs is 1. The summed E-state index contributed by atoms with van der Waals surface area (Å²) in [5.41, 5.74) is 2.05. The molecule has 17 heavy (non-hydrogen) atoms. The van der Waals surface area contributed by atoms with Gasteiger partial charge in [0.25, 0.3) is 0 Å². The highest BCUT2D eigenvalue weighted by molar-refractivity contribution is 5.87. The van der Waals surface area contributed by atoms with Crippen LogP contribution in [-0.4, -0.2) is 32.2 Å². The van der Waals surface area contributed by atoms with Crippen LogP contribution in [0.4, 0.5) is 0 Å². The second-order valence-corrected chi connectivity index (χ2v) is 3.76. The summed E-state index contributed by atoms with van der Waals surface area (Å²) in [5.74, 6) is 0.789. The van der Waals surface area contributed by atoms with Gasteiger partial charge in [-0.15, -0.1) is 5.10 Å².